The molecule has 0 radical (unpaired) electrons. The normalized spacial score (nSPS) is 23.6. The lowest BCUT2D eigenvalue weighted by atomic mass is 9.75. The SMILES string of the molecule is CCc1ccc(/C=C/[C@@]23NC(=O)CN2c2ccccc2C3(C)C)cc1. The zero-order valence-electron chi connectivity index (χ0n) is 15.0. The first kappa shape index (κ1) is 15.9. The molecular weight excluding hydrogens is 308 g/mol. The maximum atomic E-state index is 12.3. The number of carbonyl (C=O) groups excluding carboxylic acids is 1. The molecule has 3 heteroatoms. The summed E-state index contributed by atoms with van der Waals surface area (Å²) >= 11 is 0. The molecule has 0 saturated carbocycles. The number of hydrogen-bond acceptors (Lipinski definition) is 2. The van der Waals surface area contributed by atoms with Crippen LogP contribution >= 0.6 is 0 Å². The molecule has 1 saturated heterocycles. The van der Waals surface area contributed by atoms with E-state index in [0.717, 1.165) is 17.7 Å². The van der Waals surface area contributed by atoms with Crippen LogP contribution in [0, 0.1) is 0 Å². The zero-order valence-corrected chi connectivity index (χ0v) is 15.0. The summed E-state index contributed by atoms with van der Waals surface area (Å²) < 4.78 is 0. The molecule has 3 nitrogen and oxygen atoms in total. The lowest BCUT2D eigenvalue weighted by molar-refractivity contribution is -0.118. The molecule has 25 heavy (non-hydrogen) atoms. The van der Waals surface area contributed by atoms with Crippen molar-refractivity contribution in [3.05, 3.63) is 71.3 Å². The third kappa shape index (κ3) is 2.22. The molecule has 0 aliphatic carbocycles. The molecule has 0 spiro atoms. The summed E-state index contributed by atoms with van der Waals surface area (Å²) in [6, 6.07) is 17.0. The van der Waals surface area contributed by atoms with Gasteiger partial charge < -0.3 is 10.2 Å². The molecule has 2 heterocycles. The van der Waals surface area contributed by atoms with Gasteiger partial charge in [-0.2, -0.15) is 0 Å². The summed E-state index contributed by atoms with van der Waals surface area (Å²) in [6.45, 7) is 6.98. The van der Waals surface area contributed by atoms with E-state index in [2.05, 4.69) is 85.6 Å². The average molecular weight is 332 g/mol. The Balaban J connectivity index is 1.78. The fraction of sp³-hybridized carbons (Fsp3) is 0.318. The van der Waals surface area contributed by atoms with Gasteiger partial charge in [0.2, 0.25) is 5.91 Å². The van der Waals surface area contributed by atoms with Crippen molar-refractivity contribution in [1.82, 2.24) is 5.32 Å². The van der Waals surface area contributed by atoms with Gasteiger partial charge in [-0.3, -0.25) is 4.79 Å². The Morgan fingerprint density at radius 3 is 2.56 bits per heavy atom. The van der Waals surface area contributed by atoms with E-state index >= 15 is 0 Å². The summed E-state index contributed by atoms with van der Waals surface area (Å²) in [7, 11) is 0. The summed E-state index contributed by atoms with van der Waals surface area (Å²) in [5, 5.41) is 3.26. The molecule has 2 aliphatic rings. The lowest BCUT2D eigenvalue weighted by Crippen LogP contribution is -2.58. The van der Waals surface area contributed by atoms with Crippen molar-refractivity contribution in [2.24, 2.45) is 0 Å². The molecule has 1 fully saturated rings. The first-order valence-electron chi connectivity index (χ1n) is 8.94. The number of benzene rings is 2. The third-order valence-corrected chi connectivity index (χ3v) is 5.78. The van der Waals surface area contributed by atoms with Crippen LogP contribution in [0.3, 0.4) is 0 Å². The van der Waals surface area contributed by atoms with Crippen LogP contribution in [-0.4, -0.2) is 18.1 Å². The van der Waals surface area contributed by atoms with E-state index < -0.39 is 5.66 Å². The number of rotatable bonds is 3. The Bertz CT molecular complexity index is 851. The van der Waals surface area contributed by atoms with E-state index in [-0.39, 0.29) is 11.3 Å². The van der Waals surface area contributed by atoms with Gasteiger partial charge in [0.1, 0.15) is 5.66 Å². The number of carbonyl (C=O) groups is 1. The highest BCUT2D eigenvalue weighted by Crippen LogP contribution is 2.52. The minimum absolute atomic E-state index is 0.0774. The highest BCUT2D eigenvalue weighted by molar-refractivity contribution is 5.91. The highest BCUT2D eigenvalue weighted by Gasteiger charge is 2.59. The standard InChI is InChI=1S/C22H24N2O/c1-4-16-9-11-17(12-10-16)13-14-22-21(2,3)18-7-5-6-8-19(18)24(22)15-20(25)23-22/h5-14H,4,15H2,1-3H3,(H,23,25)/b14-13+/t22-/m1/s1. The van der Waals surface area contributed by atoms with Crippen molar-refractivity contribution in [3.63, 3.8) is 0 Å². The molecule has 2 aromatic carbocycles. The van der Waals surface area contributed by atoms with Crippen LogP contribution < -0.4 is 10.2 Å². The highest BCUT2D eigenvalue weighted by atomic mass is 16.2. The average Bonchev–Trinajstić information content (AvgIpc) is 3.05. The second-order valence-corrected chi connectivity index (χ2v) is 7.47. The van der Waals surface area contributed by atoms with Crippen LogP contribution in [0.4, 0.5) is 5.69 Å². The van der Waals surface area contributed by atoms with E-state index in [1.54, 1.807) is 0 Å². The number of nitrogens with one attached hydrogen (secondary N) is 1. The maximum Gasteiger partial charge on any atom is 0.241 e. The van der Waals surface area contributed by atoms with Gasteiger partial charge >= 0.3 is 0 Å². The fourth-order valence-corrected chi connectivity index (χ4v) is 4.22. The van der Waals surface area contributed by atoms with Crippen LogP contribution in [0.2, 0.25) is 0 Å². The molecule has 2 aromatic rings. The smallest absolute Gasteiger partial charge is 0.241 e. The van der Waals surface area contributed by atoms with Crippen molar-refractivity contribution in [2.45, 2.75) is 38.3 Å². The van der Waals surface area contributed by atoms with E-state index in [1.165, 1.54) is 11.1 Å². The summed E-state index contributed by atoms with van der Waals surface area (Å²) in [4.78, 5) is 14.5. The monoisotopic (exact) mass is 332 g/mol. The molecular formula is C22H24N2O. The quantitative estimate of drug-likeness (QED) is 0.925. The van der Waals surface area contributed by atoms with Crippen LogP contribution in [0.25, 0.3) is 6.08 Å². The van der Waals surface area contributed by atoms with Crippen molar-refractivity contribution in [1.29, 1.82) is 0 Å². The zero-order chi connectivity index (χ0) is 17.7. The largest absolute Gasteiger partial charge is 0.335 e. The summed E-state index contributed by atoms with van der Waals surface area (Å²) in [5.74, 6) is 0.0774. The molecule has 128 valence electrons. The predicted molar refractivity (Wildman–Crippen MR) is 103 cm³/mol. The number of anilines is 1. The number of para-hydroxylation sites is 1. The van der Waals surface area contributed by atoms with Crippen LogP contribution in [-0.2, 0) is 16.6 Å². The van der Waals surface area contributed by atoms with Crippen molar-refractivity contribution in [2.75, 3.05) is 11.4 Å². The first-order valence-corrected chi connectivity index (χ1v) is 8.94. The van der Waals surface area contributed by atoms with Gasteiger partial charge in [-0.25, -0.2) is 0 Å². The second kappa shape index (κ2) is 5.48. The molecule has 1 amide bonds. The van der Waals surface area contributed by atoms with Gasteiger partial charge in [-0.05, 0) is 35.3 Å². The van der Waals surface area contributed by atoms with Crippen LogP contribution in [0.5, 0.6) is 0 Å². The summed E-state index contributed by atoms with van der Waals surface area (Å²) in [6.07, 6.45) is 5.34. The minimum Gasteiger partial charge on any atom is -0.335 e. The van der Waals surface area contributed by atoms with E-state index in [0.29, 0.717) is 6.54 Å². The van der Waals surface area contributed by atoms with E-state index in [9.17, 15) is 4.79 Å². The van der Waals surface area contributed by atoms with Crippen molar-refractivity contribution < 1.29 is 4.79 Å². The predicted octanol–water partition coefficient (Wildman–Crippen LogP) is 3.89. The Morgan fingerprint density at radius 1 is 1.12 bits per heavy atom. The molecule has 4 rings (SSSR count). The number of fused-ring (bicyclic) bond motifs is 3. The minimum atomic E-state index is -0.517. The molecule has 0 bridgehead atoms. The lowest BCUT2D eigenvalue weighted by Gasteiger charge is -2.40. The molecule has 1 N–H and O–H groups in total. The first-order chi connectivity index (χ1) is 12.0. The van der Waals surface area contributed by atoms with Crippen molar-refractivity contribution >= 4 is 17.7 Å². The molecule has 0 aromatic heterocycles. The van der Waals surface area contributed by atoms with Gasteiger partial charge in [-0.15, -0.1) is 0 Å². The van der Waals surface area contributed by atoms with Crippen LogP contribution in [0.1, 0.15) is 37.5 Å². The number of aryl methyl sites for hydroxylation is 1. The van der Waals surface area contributed by atoms with E-state index in [4.69, 9.17) is 0 Å². The molecule has 2 aliphatic heterocycles. The number of hydrogen-bond donors (Lipinski definition) is 1. The topological polar surface area (TPSA) is 32.3 Å². The van der Waals surface area contributed by atoms with Gasteiger partial charge in [0.25, 0.3) is 0 Å². The third-order valence-electron chi connectivity index (χ3n) is 5.78. The van der Waals surface area contributed by atoms with Gasteiger partial charge in [0, 0.05) is 11.1 Å². The molecule has 0 unspecified atom stereocenters. The Hall–Kier alpha value is -2.55. The van der Waals surface area contributed by atoms with Gasteiger partial charge in [-0.1, -0.05) is 69.3 Å². The fourth-order valence-electron chi connectivity index (χ4n) is 4.22. The number of amides is 1. The van der Waals surface area contributed by atoms with Crippen molar-refractivity contribution in [3.8, 4) is 0 Å². The Morgan fingerprint density at radius 2 is 1.84 bits per heavy atom. The Labute approximate surface area is 149 Å². The van der Waals surface area contributed by atoms with Gasteiger partial charge in [0.05, 0.1) is 6.54 Å². The second-order valence-electron chi connectivity index (χ2n) is 7.47. The maximum absolute atomic E-state index is 12.3. The van der Waals surface area contributed by atoms with Crippen LogP contribution in [0.15, 0.2) is 54.6 Å². The van der Waals surface area contributed by atoms with Gasteiger partial charge in [0.15, 0.2) is 0 Å². The molecule has 1 atom stereocenters. The Kier molecular flexibility index (Phi) is 3.50. The summed E-state index contributed by atoms with van der Waals surface area (Å²) in [5.41, 5.74) is 4.18. The van der Waals surface area contributed by atoms with E-state index in [1.807, 2.05) is 6.07 Å². The number of nitrogens with zero attached hydrogens (tertiary/aromatic N) is 1.